The van der Waals surface area contributed by atoms with E-state index in [4.69, 9.17) is 0 Å². The highest BCUT2D eigenvalue weighted by Gasteiger charge is 2.52. The Morgan fingerprint density at radius 1 is 1.10 bits per heavy atom. The zero-order chi connectivity index (χ0) is 14.9. The van der Waals surface area contributed by atoms with Gasteiger partial charge in [-0.25, -0.2) is 0 Å². The molecule has 0 aromatic heterocycles. The molecule has 0 bridgehead atoms. The summed E-state index contributed by atoms with van der Waals surface area (Å²) < 4.78 is 0. The van der Waals surface area contributed by atoms with Gasteiger partial charge < -0.3 is 5.11 Å². The summed E-state index contributed by atoms with van der Waals surface area (Å²) in [5, 5.41) is 11.0. The van der Waals surface area contributed by atoms with E-state index in [9.17, 15) is 5.11 Å². The molecule has 1 heteroatoms. The molecule has 1 unspecified atom stereocenters. The van der Waals surface area contributed by atoms with Crippen molar-refractivity contribution in [2.45, 2.75) is 85.7 Å². The fourth-order valence-corrected chi connectivity index (χ4v) is 5.96. The largest absolute Gasteiger partial charge is 0.392 e. The van der Waals surface area contributed by atoms with Crippen LogP contribution in [0.2, 0.25) is 0 Å². The number of hydrogen-bond acceptors (Lipinski definition) is 1. The van der Waals surface area contributed by atoms with Crippen molar-refractivity contribution in [1.82, 2.24) is 0 Å². The highest BCUT2D eigenvalue weighted by Crippen LogP contribution is 2.58. The maximum absolute atomic E-state index is 11.0. The van der Waals surface area contributed by atoms with Crippen LogP contribution < -0.4 is 0 Å². The molecule has 0 aliphatic heterocycles. The molecule has 2 saturated carbocycles. The monoisotopic (exact) mass is 280 g/mol. The van der Waals surface area contributed by atoms with Crippen LogP contribution in [0.4, 0.5) is 0 Å². The molecule has 2 fully saturated rings. The quantitative estimate of drug-likeness (QED) is 0.743. The Balaban J connectivity index is 2.30. The van der Waals surface area contributed by atoms with Crippen LogP contribution in [-0.4, -0.2) is 11.2 Å². The van der Waals surface area contributed by atoms with E-state index in [0.717, 1.165) is 30.1 Å². The van der Waals surface area contributed by atoms with E-state index < -0.39 is 0 Å². The van der Waals surface area contributed by atoms with Gasteiger partial charge in [0.15, 0.2) is 0 Å². The standard InChI is InChI=1S/C19H36O/c1-6-17-16-10-8-9-14(5)15(16)11-12-19(17,7-2)18(20)13(3)4/h13-18,20H,6-12H2,1-5H3/t14-,15+,16?,17-,18+,19-/m0/s1. The Kier molecular flexibility index (Phi) is 5.21. The summed E-state index contributed by atoms with van der Waals surface area (Å²) in [6, 6.07) is 0. The van der Waals surface area contributed by atoms with Crippen molar-refractivity contribution >= 4 is 0 Å². The molecule has 2 rings (SSSR count). The van der Waals surface area contributed by atoms with Crippen molar-refractivity contribution in [1.29, 1.82) is 0 Å². The van der Waals surface area contributed by atoms with Gasteiger partial charge in [-0.2, -0.15) is 0 Å². The van der Waals surface area contributed by atoms with E-state index in [1.807, 2.05) is 0 Å². The summed E-state index contributed by atoms with van der Waals surface area (Å²) in [4.78, 5) is 0. The van der Waals surface area contributed by atoms with E-state index in [1.165, 1.54) is 38.5 Å². The first-order valence-corrected chi connectivity index (χ1v) is 9.16. The van der Waals surface area contributed by atoms with Gasteiger partial charge in [0.1, 0.15) is 0 Å². The van der Waals surface area contributed by atoms with Crippen molar-refractivity contribution in [3.8, 4) is 0 Å². The first-order valence-electron chi connectivity index (χ1n) is 9.16. The molecule has 20 heavy (non-hydrogen) atoms. The topological polar surface area (TPSA) is 20.2 Å². The Bertz CT molecular complexity index is 311. The number of aliphatic hydroxyl groups excluding tert-OH is 1. The van der Waals surface area contributed by atoms with Crippen molar-refractivity contribution in [3.05, 3.63) is 0 Å². The highest BCUT2D eigenvalue weighted by molar-refractivity contribution is 5.02. The molecule has 0 spiro atoms. The van der Waals surface area contributed by atoms with E-state index in [-0.39, 0.29) is 11.5 Å². The van der Waals surface area contributed by atoms with Gasteiger partial charge in [-0.05, 0) is 60.7 Å². The molecular formula is C19H36O. The van der Waals surface area contributed by atoms with E-state index in [1.54, 1.807) is 0 Å². The molecule has 0 heterocycles. The average molecular weight is 280 g/mol. The van der Waals surface area contributed by atoms with Crippen LogP contribution >= 0.6 is 0 Å². The maximum Gasteiger partial charge on any atom is 0.0621 e. The number of aliphatic hydroxyl groups is 1. The van der Waals surface area contributed by atoms with Gasteiger partial charge in [0, 0.05) is 0 Å². The van der Waals surface area contributed by atoms with Gasteiger partial charge in [0.05, 0.1) is 6.10 Å². The van der Waals surface area contributed by atoms with Gasteiger partial charge in [-0.1, -0.05) is 53.9 Å². The SMILES string of the molecule is CC[C@H]1C2CCC[C@H](C)[C@H]2CC[C@]1(CC)[C@H](O)C(C)C. The van der Waals surface area contributed by atoms with Crippen LogP contribution in [0.3, 0.4) is 0 Å². The van der Waals surface area contributed by atoms with Gasteiger partial charge in [-0.3, -0.25) is 0 Å². The minimum Gasteiger partial charge on any atom is -0.392 e. The molecule has 0 amide bonds. The lowest BCUT2D eigenvalue weighted by Gasteiger charge is -2.57. The second-order valence-corrected chi connectivity index (χ2v) is 8.06. The fourth-order valence-electron chi connectivity index (χ4n) is 5.96. The molecule has 0 radical (unpaired) electrons. The minimum absolute atomic E-state index is 0.115. The van der Waals surface area contributed by atoms with Crippen LogP contribution in [0, 0.1) is 35.0 Å². The molecule has 1 nitrogen and oxygen atoms in total. The Labute approximate surface area is 126 Å². The molecular weight excluding hydrogens is 244 g/mol. The van der Waals surface area contributed by atoms with Crippen molar-refractivity contribution in [3.63, 3.8) is 0 Å². The van der Waals surface area contributed by atoms with Crippen molar-refractivity contribution in [2.75, 3.05) is 0 Å². The third-order valence-corrected chi connectivity index (χ3v) is 6.99. The summed E-state index contributed by atoms with van der Waals surface area (Å²) in [5.41, 5.74) is 0.196. The zero-order valence-electron chi connectivity index (χ0n) is 14.4. The number of fused-ring (bicyclic) bond motifs is 1. The van der Waals surface area contributed by atoms with Crippen LogP contribution in [0.15, 0.2) is 0 Å². The molecule has 118 valence electrons. The van der Waals surface area contributed by atoms with Crippen molar-refractivity contribution in [2.24, 2.45) is 35.0 Å². The normalized spacial score (nSPS) is 43.4. The van der Waals surface area contributed by atoms with Gasteiger partial charge in [0.25, 0.3) is 0 Å². The third kappa shape index (κ3) is 2.56. The van der Waals surface area contributed by atoms with E-state index >= 15 is 0 Å². The predicted molar refractivity (Wildman–Crippen MR) is 86.6 cm³/mol. The van der Waals surface area contributed by atoms with E-state index in [0.29, 0.717) is 5.92 Å². The van der Waals surface area contributed by atoms with Crippen LogP contribution in [0.1, 0.15) is 79.6 Å². The summed E-state index contributed by atoms with van der Waals surface area (Å²) in [6.45, 7) is 11.6. The molecule has 0 aromatic carbocycles. The second kappa shape index (κ2) is 6.38. The fraction of sp³-hybridized carbons (Fsp3) is 1.00. The highest BCUT2D eigenvalue weighted by atomic mass is 16.3. The van der Waals surface area contributed by atoms with E-state index in [2.05, 4.69) is 34.6 Å². The summed E-state index contributed by atoms with van der Waals surface area (Å²) in [7, 11) is 0. The third-order valence-electron chi connectivity index (χ3n) is 6.99. The molecule has 6 atom stereocenters. The lowest BCUT2D eigenvalue weighted by molar-refractivity contribution is -0.125. The Morgan fingerprint density at radius 3 is 2.35 bits per heavy atom. The smallest absolute Gasteiger partial charge is 0.0621 e. The van der Waals surface area contributed by atoms with Crippen LogP contribution in [0.25, 0.3) is 0 Å². The Hall–Kier alpha value is -0.0400. The van der Waals surface area contributed by atoms with Crippen LogP contribution in [-0.2, 0) is 0 Å². The summed E-state index contributed by atoms with van der Waals surface area (Å²) in [6.07, 6.45) is 9.18. The van der Waals surface area contributed by atoms with Gasteiger partial charge >= 0.3 is 0 Å². The first-order chi connectivity index (χ1) is 9.47. The summed E-state index contributed by atoms with van der Waals surface area (Å²) in [5.74, 6) is 3.86. The lowest BCUT2D eigenvalue weighted by atomic mass is 9.49. The van der Waals surface area contributed by atoms with Gasteiger partial charge in [-0.15, -0.1) is 0 Å². The molecule has 2 aliphatic carbocycles. The first kappa shape index (κ1) is 16.3. The predicted octanol–water partition coefficient (Wildman–Crippen LogP) is 5.27. The number of rotatable bonds is 4. The Morgan fingerprint density at radius 2 is 1.80 bits per heavy atom. The second-order valence-electron chi connectivity index (χ2n) is 8.06. The molecule has 2 aliphatic rings. The summed E-state index contributed by atoms with van der Waals surface area (Å²) >= 11 is 0. The zero-order valence-corrected chi connectivity index (χ0v) is 14.4. The average Bonchev–Trinajstić information content (AvgIpc) is 2.45. The van der Waals surface area contributed by atoms with Crippen LogP contribution in [0.5, 0.6) is 0 Å². The van der Waals surface area contributed by atoms with Gasteiger partial charge in [0.2, 0.25) is 0 Å². The molecule has 1 N–H and O–H groups in total. The lowest BCUT2D eigenvalue weighted by Crippen LogP contribution is -2.53. The maximum atomic E-state index is 11.0. The van der Waals surface area contributed by atoms with Crippen molar-refractivity contribution < 1.29 is 5.11 Å². The number of hydrogen-bond donors (Lipinski definition) is 1. The molecule has 0 aromatic rings. The minimum atomic E-state index is -0.115. The molecule has 0 saturated heterocycles.